The van der Waals surface area contributed by atoms with Gasteiger partial charge in [0.2, 0.25) is 0 Å². The lowest BCUT2D eigenvalue weighted by molar-refractivity contribution is 0.0936. The molecular weight excluding hydrogens is 348 g/mol. The molecule has 1 unspecified atom stereocenters. The highest BCUT2D eigenvalue weighted by molar-refractivity contribution is 8.16. The molecule has 6 heteroatoms. The van der Waals surface area contributed by atoms with Crippen molar-refractivity contribution in [2.24, 2.45) is 5.73 Å². The number of hydrogen-bond donors (Lipinski definition) is 2. The van der Waals surface area contributed by atoms with Gasteiger partial charge in [0.15, 0.2) is 0 Å². The van der Waals surface area contributed by atoms with Crippen molar-refractivity contribution in [3.63, 3.8) is 0 Å². The van der Waals surface area contributed by atoms with E-state index in [0.717, 1.165) is 24.8 Å². The number of nitrogens with one attached hydrogen (secondary N) is 1. The summed E-state index contributed by atoms with van der Waals surface area (Å²) in [5.41, 5.74) is 7.78. The van der Waals surface area contributed by atoms with E-state index in [1.54, 1.807) is 0 Å². The minimum atomic E-state index is -0.0120. The summed E-state index contributed by atoms with van der Waals surface area (Å²) in [6.07, 6.45) is 4.46. The largest absolute Gasteiger partial charge is 0.348 e. The molecule has 23 heavy (non-hydrogen) atoms. The van der Waals surface area contributed by atoms with Crippen molar-refractivity contribution < 1.29 is 4.79 Å². The highest BCUT2D eigenvalue weighted by atomic mass is 35.5. The highest BCUT2D eigenvalue weighted by Gasteiger charge is 2.17. The van der Waals surface area contributed by atoms with Crippen LogP contribution in [0.25, 0.3) is 0 Å². The number of nitrogens with two attached hydrogens (primary N) is 1. The van der Waals surface area contributed by atoms with E-state index in [9.17, 15) is 4.79 Å². The molecule has 1 atom stereocenters. The van der Waals surface area contributed by atoms with Gasteiger partial charge >= 0.3 is 0 Å². The molecular formula is C17H27ClN2OS2. The summed E-state index contributed by atoms with van der Waals surface area (Å²) < 4.78 is 0.521. The van der Waals surface area contributed by atoms with E-state index < -0.39 is 0 Å². The number of rotatable bonds is 7. The first kappa shape index (κ1) is 20.7. The van der Waals surface area contributed by atoms with Crippen molar-refractivity contribution in [3.8, 4) is 0 Å². The van der Waals surface area contributed by atoms with Crippen molar-refractivity contribution in [1.29, 1.82) is 0 Å². The fourth-order valence-electron chi connectivity index (χ4n) is 2.44. The van der Waals surface area contributed by atoms with Crippen molar-refractivity contribution in [2.45, 2.75) is 43.2 Å². The zero-order valence-electron chi connectivity index (χ0n) is 13.6. The number of amides is 1. The van der Waals surface area contributed by atoms with Crippen molar-refractivity contribution in [3.05, 3.63) is 35.4 Å². The second kappa shape index (κ2) is 11.2. The summed E-state index contributed by atoms with van der Waals surface area (Å²) in [4.78, 5) is 12.3. The molecule has 1 aromatic carbocycles. The summed E-state index contributed by atoms with van der Waals surface area (Å²) in [6.45, 7) is 2.65. The zero-order chi connectivity index (χ0) is 15.8. The Morgan fingerprint density at radius 1 is 1.30 bits per heavy atom. The predicted molar refractivity (Wildman–Crippen MR) is 106 cm³/mol. The Bertz CT molecular complexity index is 464. The van der Waals surface area contributed by atoms with Crippen LogP contribution in [0.1, 0.15) is 53.1 Å². The maximum absolute atomic E-state index is 12.3. The maximum Gasteiger partial charge on any atom is 0.251 e. The molecule has 1 aromatic rings. The molecule has 0 bridgehead atoms. The van der Waals surface area contributed by atoms with E-state index >= 15 is 0 Å². The van der Waals surface area contributed by atoms with Crippen LogP contribution in [0.15, 0.2) is 24.3 Å². The maximum atomic E-state index is 12.3. The van der Waals surface area contributed by atoms with Crippen LogP contribution in [0.3, 0.4) is 0 Å². The minimum absolute atomic E-state index is 0. The highest BCUT2D eigenvalue weighted by Crippen LogP contribution is 2.43. The van der Waals surface area contributed by atoms with Gasteiger partial charge in [-0.3, -0.25) is 4.79 Å². The number of carbonyl (C=O) groups is 1. The van der Waals surface area contributed by atoms with Crippen LogP contribution in [0.5, 0.6) is 0 Å². The third-order valence-corrected chi connectivity index (χ3v) is 6.81. The second-order valence-electron chi connectivity index (χ2n) is 5.60. The first-order chi connectivity index (χ1) is 10.7. The molecule has 0 aliphatic carbocycles. The molecule has 130 valence electrons. The van der Waals surface area contributed by atoms with Gasteiger partial charge in [-0.2, -0.15) is 0 Å². The molecule has 0 aromatic heterocycles. The lowest BCUT2D eigenvalue weighted by Gasteiger charge is -2.21. The Hall–Kier alpha value is -0.360. The smallest absolute Gasteiger partial charge is 0.251 e. The third kappa shape index (κ3) is 6.57. The molecule has 2 rings (SSSR count). The Morgan fingerprint density at radius 3 is 2.52 bits per heavy atom. The minimum Gasteiger partial charge on any atom is -0.348 e. The van der Waals surface area contributed by atoms with Gasteiger partial charge in [0.05, 0.1) is 4.58 Å². The monoisotopic (exact) mass is 374 g/mol. The van der Waals surface area contributed by atoms with Crippen LogP contribution < -0.4 is 11.1 Å². The fraction of sp³-hybridized carbons (Fsp3) is 0.588. The molecule has 1 fully saturated rings. The predicted octanol–water partition coefficient (Wildman–Crippen LogP) is 4.22. The lowest BCUT2D eigenvalue weighted by Crippen LogP contribution is -2.40. The normalized spacial score (nSPS) is 16.4. The van der Waals surface area contributed by atoms with Crippen molar-refractivity contribution >= 4 is 41.8 Å². The number of benzene rings is 1. The van der Waals surface area contributed by atoms with Gasteiger partial charge in [0, 0.05) is 18.2 Å². The van der Waals surface area contributed by atoms with Crippen molar-refractivity contribution in [2.75, 3.05) is 18.1 Å². The van der Waals surface area contributed by atoms with Crippen LogP contribution in [0.4, 0.5) is 0 Å². The molecule has 0 saturated carbocycles. The molecule has 3 nitrogen and oxygen atoms in total. The average molecular weight is 375 g/mol. The quantitative estimate of drug-likeness (QED) is 0.750. The van der Waals surface area contributed by atoms with Crippen LogP contribution >= 0.6 is 35.9 Å². The number of thioether (sulfide) groups is 2. The van der Waals surface area contributed by atoms with Crippen LogP contribution in [0.2, 0.25) is 0 Å². The van der Waals surface area contributed by atoms with Crippen LogP contribution in [-0.2, 0) is 0 Å². The van der Waals surface area contributed by atoms with Gasteiger partial charge in [-0.1, -0.05) is 31.9 Å². The third-order valence-electron chi connectivity index (χ3n) is 3.80. The summed E-state index contributed by atoms with van der Waals surface area (Å²) in [7, 11) is 0. The van der Waals surface area contributed by atoms with Gasteiger partial charge in [0.1, 0.15) is 0 Å². The molecule has 0 radical (unpaired) electrons. The molecule has 3 N–H and O–H groups in total. The second-order valence-corrected chi connectivity index (χ2v) is 8.32. The number of hydrogen-bond acceptors (Lipinski definition) is 4. The van der Waals surface area contributed by atoms with Gasteiger partial charge in [-0.15, -0.1) is 35.9 Å². The van der Waals surface area contributed by atoms with E-state index in [1.165, 1.54) is 23.5 Å². The Balaban J connectivity index is 0.00000264. The van der Waals surface area contributed by atoms with E-state index in [2.05, 4.69) is 24.4 Å². The van der Waals surface area contributed by atoms with E-state index in [4.69, 9.17) is 5.73 Å². The molecule has 1 heterocycles. The zero-order valence-corrected chi connectivity index (χ0v) is 16.1. The van der Waals surface area contributed by atoms with Crippen LogP contribution in [-0.4, -0.2) is 30.0 Å². The summed E-state index contributed by atoms with van der Waals surface area (Å²) in [5.74, 6) is 2.45. The number of carbonyl (C=O) groups excluding carboxylic acids is 1. The van der Waals surface area contributed by atoms with E-state index in [-0.39, 0.29) is 24.4 Å². The topological polar surface area (TPSA) is 55.1 Å². The van der Waals surface area contributed by atoms with Gasteiger partial charge < -0.3 is 11.1 Å². The Morgan fingerprint density at radius 2 is 1.96 bits per heavy atom. The molecule has 1 aliphatic rings. The fourth-order valence-corrected chi connectivity index (χ4v) is 5.33. The van der Waals surface area contributed by atoms with Gasteiger partial charge in [-0.05, 0) is 42.0 Å². The lowest BCUT2D eigenvalue weighted by atomic mass is 10.1. The number of halogens is 1. The summed E-state index contributed by atoms with van der Waals surface area (Å²) in [6, 6.07) is 8.14. The Kier molecular flexibility index (Phi) is 10.1. The van der Waals surface area contributed by atoms with Crippen molar-refractivity contribution in [1.82, 2.24) is 5.32 Å². The molecule has 0 spiro atoms. The molecule has 1 saturated heterocycles. The Labute approximate surface area is 154 Å². The van der Waals surface area contributed by atoms with Gasteiger partial charge in [0.25, 0.3) is 5.91 Å². The van der Waals surface area contributed by atoms with Crippen LogP contribution in [0, 0.1) is 0 Å². The SMILES string of the molecule is CCCCC(CN)NC(=O)c1ccc(C2SCCCS2)cc1.Cl. The summed E-state index contributed by atoms with van der Waals surface area (Å²) in [5, 5.41) is 3.04. The standard InChI is InChI=1S/C17H26N2OS2.ClH/c1-2-3-5-15(12-18)19-16(20)13-6-8-14(9-7-13)17-21-10-4-11-22-17;/h6-9,15,17H,2-5,10-12,18H2,1H3,(H,19,20);1H. The van der Waals surface area contributed by atoms with E-state index in [1.807, 2.05) is 35.7 Å². The summed E-state index contributed by atoms with van der Waals surface area (Å²) >= 11 is 4.00. The first-order valence-corrected chi connectivity index (χ1v) is 10.2. The molecule has 1 amide bonds. The first-order valence-electron chi connectivity index (χ1n) is 8.08. The van der Waals surface area contributed by atoms with Gasteiger partial charge in [-0.25, -0.2) is 0 Å². The molecule has 1 aliphatic heterocycles. The van der Waals surface area contributed by atoms with E-state index in [0.29, 0.717) is 11.1 Å². The average Bonchev–Trinajstić information content (AvgIpc) is 2.59. The number of unbranched alkanes of at least 4 members (excludes halogenated alkanes) is 1.